The van der Waals surface area contributed by atoms with E-state index >= 15 is 0 Å². The minimum Gasteiger partial charge on any atom is -0.388 e. The van der Waals surface area contributed by atoms with Crippen LogP contribution in [0.2, 0.25) is 0 Å². The standard InChI is InChI=1S/C10H21N3/c1-8-6-9(8)7-13(2)5-3-4-10(11)12/h8-9H,3-7H2,1-2H3,(H3,11,12). The van der Waals surface area contributed by atoms with Crippen LogP contribution in [0.3, 0.4) is 0 Å². The molecular weight excluding hydrogens is 162 g/mol. The second kappa shape index (κ2) is 4.61. The molecule has 0 bridgehead atoms. The first-order chi connectivity index (χ1) is 6.09. The first kappa shape index (κ1) is 10.5. The third-order valence-electron chi connectivity index (χ3n) is 2.81. The molecule has 1 rings (SSSR count). The summed E-state index contributed by atoms with van der Waals surface area (Å²) >= 11 is 0. The molecule has 0 aromatic carbocycles. The van der Waals surface area contributed by atoms with Crippen molar-refractivity contribution in [3.8, 4) is 0 Å². The number of nitrogens with zero attached hydrogens (tertiary/aromatic N) is 1. The van der Waals surface area contributed by atoms with E-state index in [4.69, 9.17) is 11.1 Å². The molecule has 2 unspecified atom stereocenters. The lowest BCUT2D eigenvalue weighted by Gasteiger charge is -2.15. The lowest BCUT2D eigenvalue weighted by atomic mass is 10.2. The maximum atomic E-state index is 7.08. The SMILES string of the molecule is CC1CC1CN(C)CCCC(=N)N. The Kier molecular flexibility index (Phi) is 3.72. The molecule has 0 spiro atoms. The van der Waals surface area contributed by atoms with Crippen LogP contribution < -0.4 is 5.73 Å². The monoisotopic (exact) mass is 183 g/mol. The van der Waals surface area contributed by atoms with Crippen molar-refractivity contribution in [1.29, 1.82) is 5.41 Å². The first-order valence-corrected chi connectivity index (χ1v) is 5.11. The van der Waals surface area contributed by atoms with Gasteiger partial charge in [0.15, 0.2) is 0 Å². The Morgan fingerprint density at radius 3 is 2.69 bits per heavy atom. The van der Waals surface area contributed by atoms with Crippen LogP contribution in [0.1, 0.15) is 26.2 Å². The summed E-state index contributed by atoms with van der Waals surface area (Å²) in [6.45, 7) is 4.61. The van der Waals surface area contributed by atoms with Crippen molar-refractivity contribution in [3.05, 3.63) is 0 Å². The second-order valence-corrected chi connectivity index (χ2v) is 4.36. The smallest absolute Gasteiger partial charge is 0.0905 e. The molecule has 13 heavy (non-hydrogen) atoms. The van der Waals surface area contributed by atoms with E-state index in [2.05, 4.69) is 18.9 Å². The summed E-state index contributed by atoms with van der Waals surface area (Å²) in [4.78, 5) is 2.36. The zero-order valence-corrected chi connectivity index (χ0v) is 8.71. The van der Waals surface area contributed by atoms with Crippen LogP contribution in [0.5, 0.6) is 0 Å². The Bertz CT molecular complexity index is 179. The van der Waals surface area contributed by atoms with E-state index in [9.17, 15) is 0 Å². The molecule has 1 fully saturated rings. The fourth-order valence-electron chi connectivity index (χ4n) is 1.68. The molecular formula is C10H21N3. The van der Waals surface area contributed by atoms with Crippen molar-refractivity contribution in [3.63, 3.8) is 0 Å². The van der Waals surface area contributed by atoms with Gasteiger partial charge >= 0.3 is 0 Å². The zero-order chi connectivity index (χ0) is 9.84. The highest BCUT2D eigenvalue weighted by atomic mass is 15.1. The fraction of sp³-hybridized carbons (Fsp3) is 0.900. The third kappa shape index (κ3) is 4.27. The third-order valence-corrected chi connectivity index (χ3v) is 2.81. The number of rotatable bonds is 6. The molecule has 1 aliphatic rings. The lowest BCUT2D eigenvalue weighted by molar-refractivity contribution is 0.313. The Hall–Kier alpha value is -0.570. The fourth-order valence-corrected chi connectivity index (χ4v) is 1.68. The highest BCUT2D eigenvalue weighted by molar-refractivity contribution is 5.76. The normalized spacial score (nSPS) is 26.4. The molecule has 0 aromatic rings. The average Bonchev–Trinajstić information content (AvgIpc) is 2.65. The Morgan fingerprint density at radius 1 is 1.62 bits per heavy atom. The number of hydrogen-bond donors (Lipinski definition) is 2. The van der Waals surface area contributed by atoms with Crippen LogP contribution in [0, 0.1) is 17.2 Å². The van der Waals surface area contributed by atoms with E-state index in [1.807, 2.05) is 0 Å². The summed E-state index contributed by atoms with van der Waals surface area (Å²) in [5.41, 5.74) is 5.28. The van der Waals surface area contributed by atoms with E-state index in [-0.39, 0.29) is 0 Å². The summed E-state index contributed by atoms with van der Waals surface area (Å²) < 4.78 is 0. The van der Waals surface area contributed by atoms with Crippen molar-refractivity contribution in [2.75, 3.05) is 20.1 Å². The lowest BCUT2D eigenvalue weighted by Crippen LogP contribution is -2.23. The van der Waals surface area contributed by atoms with Crippen molar-refractivity contribution in [2.45, 2.75) is 26.2 Å². The summed E-state index contributed by atoms with van der Waals surface area (Å²) in [6.07, 6.45) is 3.16. The van der Waals surface area contributed by atoms with E-state index < -0.39 is 0 Å². The summed E-state index contributed by atoms with van der Waals surface area (Å²) in [5, 5.41) is 7.08. The van der Waals surface area contributed by atoms with Gasteiger partial charge in [0, 0.05) is 13.0 Å². The number of hydrogen-bond acceptors (Lipinski definition) is 2. The van der Waals surface area contributed by atoms with Crippen molar-refractivity contribution in [1.82, 2.24) is 4.90 Å². The number of nitrogens with one attached hydrogen (secondary N) is 1. The van der Waals surface area contributed by atoms with Crippen LogP contribution in [-0.2, 0) is 0 Å². The average molecular weight is 183 g/mol. The quantitative estimate of drug-likeness (QED) is 0.481. The zero-order valence-electron chi connectivity index (χ0n) is 8.71. The van der Waals surface area contributed by atoms with Gasteiger partial charge in [0.25, 0.3) is 0 Å². The summed E-state index contributed by atoms with van der Waals surface area (Å²) in [5.74, 6) is 2.19. The molecule has 1 saturated carbocycles. The summed E-state index contributed by atoms with van der Waals surface area (Å²) in [7, 11) is 2.16. The van der Waals surface area contributed by atoms with Gasteiger partial charge < -0.3 is 10.6 Å². The molecule has 0 saturated heterocycles. The molecule has 3 nitrogen and oxygen atoms in total. The molecule has 1 aliphatic carbocycles. The van der Waals surface area contributed by atoms with E-state index in [1.54, 1.807) is 0 Å². The van der Waals surface area contributed by atoms with Crippen molar-refractivity contribution < 1.29 is 0 Å². The molecule has 0 radical (unpaired) electrons. The van der Waals surface area contributed by atoms with Gasteiger partial charge in [-0.25, -0.2) is 0 Å². The predicted molar refractivity (Wildman–Crippen MR) is 55.9 cm³/mol. The van der Waals surface area contributed by atoms with Gasteiger partial charge in [-0.1, -0.05) is 6.92 Å². The Balaban J connectivity index is 1.98. The largest absolute Gasteiger partial charge is 0.388 e. The van der Waals surface area contributed by atoms with Crippen LogP contribution >= 0.6 is 0 Å². The Labute approximate surface area is 80.8 Å². The second-order valence-electron chi connectivity index (χ2n) is 4.36. The molecule has 3 N–H and O–H groups in total. The minimum atomic E-state index is 0.313. The topological polar surface area (TPSA) is 53.1 Å². The van der Waals surface area contributed by atoms with Crippen LogP contribution in [0.25, 0.3) is 0 Å². The molecule has 2 atom stereocenters. The molecule has 0 aromatic heterocycles. The van der Waals surface area contributed by atoms with Gasteiger partial charge in [-0.2, -0.15) is 0 Å². The summed E-state index contributed by atoms with van der Waals surface area (Å²) in [6, 6.07) is 0. The predicted octanol–water partition coefficient (Wildman–Crippen LogP) is 1.29. The van der Waals surface area contributed by atoms with Crippen LogP contribution in [0.4, 0.5) is 0 Å². The van der Waals surface area contributed by atoms with E-state index in [0.717, 1.165) is 31.2 Å². The van der Waals surface area contributed by atoms with Gasteiger partial charge in [0.05, 0.1) is 5.84 Å². The van der Waals surface area contributed by atoms with Gasteiger partial charge in [-0.05, 0) is 38.3 Å². The maximum Gasteiger partial charge on any atom is 0.0905 e. The van der Waals surface area contributed by atoms with Gasteiger partial charge in [0.2, 0.25) is 0 Å². The molecule has 0 amide bonds. The maximum absolute atomic E-state index is 7.08. The molecule has 76 valence electrons. The van der Waals surface area contributed by atoms with E-state index in [0.29, 0.717) is 5.84 Å². The van der Waals surface area contributed by atoms with E-state index in [1.165, 1.54) is 13.0 Å². The Morgan fingerprint density at radius 2 is 2.23 bits per heavy atom. The first-order valence-electron chi connectivity index (χ1n) is 5.11. The van der Waals surface area contributed by atoms with Crippen molar-refractivity contribution >= 4 is 5.84 Å². The highest BCUT2D eigenvalue weighted by Gasteiger charge is 2.32. The minimum absolute atomic E-state index is 0.313. The number of nitrogens with two attached hydrogens (primary N) is 1. The molecule has 3 heteroatoms. The highest BCUT2D eigenvalue weighted by Crippen LogP contribution is 2.37. The van der Waals surface area contributed by atoms with Crippen LogP contribution in [0.15, 0.2) is 0 Å². The molecule has 0 heterocycles. The van der Waals surface area contributed by atoms with Gasteiger partial charge in [-0.15, -0.1) is 0 Å². The van der Waals surface area contributed by atoms with Gasteiger partial charge in [0.1, 0.15) is 0 Å². The number of amidine groups is 1. The molecule has 0 aliphatic heterocycles. The van der Waals surface area contributed by atoms with Gasteiger partial charge in [-0.3, -0.25) is 5.41 Å². The van der Waals surface area contributed by atoms with Crippen LogP contribution in [-0.4, -0.2) is 30.9 Å². The van der Waals surface area contributed by atoms with Crippen molar-refractivity contribution in [2.24, 2.45) is 17.6 Å².